The lowest BCUT2D eigenvalue weighted by atomic mass is 10.1. The highest BCUT2D eigenvalue weighted by molar-refractivity contribution is 7.18. The molecule has 0 fully saturated rings. The molecule has 0 saturated carbocycles. The quantitative estimate of drug-likeness (QED) is 0.256. The summed E-state index contributed by atoms with van der Waals surface area (Å²) in [5.74, 6) is -1.00. The summed E-state index contributed by atoms with van der Waals surface area (Å²) in [4.78, 5) is 36.8. The van der Waals surface area contributed by atoms with Crippen LogP contribution in [0.3, 0.4) is 0 Å². The van der Waals surface area contributed by atoms with Crippen LogP contribution in [0.2, 0.25) is 0 Å². The molecule has 1 amide bonds. The van der Waals surface area contributed by atoms with Gasteiger partial charge in [-0.15, -0.1) is 11.3 Å². The molecule has 0 spiro atoms. The third-order valence-electron chi connectivity index (χ3n) is 3.45. The number of ketones is 1. The average molecular weight is 458 g/mol. The molecule has 0 aliphatic rings. The number of nitrogens with one attached hydrogen (secondary N) is 2. The van der Waals surface area contributed by atoms with E-state index in [1.165, 1.54) is 6.92 Å². The fraction of sp³-hybridized carbons (Fsp3) is 0.588. The normalized spacial score (nSPS) is 12.6. The Morgan fingerprint density at radius 1 is 1.22 bits per heavy atom. The molecule has 0 radical (unpaired) electrons. The first-order valence-corrected chi connectivity index (χ1v) is 10.3. The van der Waals surface area contributed by atoms with Gasteiger partial charge in [0.15, 0.2) is 5.78 Å². The van der Waals surface area contributed by atoms with Crippen molar-refractivity contribution in [1.82, 2.24) is 5.32 Å². The zero-order valence-corrected chi connectivity index (χ0v) is 18.8. The molecule has 0 aromatic carbocycles. The van der Waals surface area contributed by atoms with Gasteiger partial charge in [0.25, 0.3) is 0 Å². The van der Waals surface area contributed by atoms with E-state index in [9.17, 15) is 14.4 Å². The number of thiophene rings is 1. The highest BCUT2D eigenvalue weighted by atomic mass is 35.6. The predicted molar refractivity (Wildman–Crippen MR) is 110 cm³/mol. The Labute approximate surface area is 177 Å². The molecule has 1 heterocycles. The number of Topliss-reactive ketones (excluding diaryl/α,β-unsaturated/α-hetero) is 1. The second kappa shape index (κ2) is 9.96. The molecule has 0 saturated heterocycles. The maximum Gasteiger partial charge on any atom is 0.341 e. The number of hydrogen-bond acceptors (Lipinski definition) is 6. The Bertz CT molecular complexity index is 714. The number of rotatable bonds is 8. The molecule has 27 heavy (non-hydrogen) atoms. The maximum atomic E-state index is 12.4. The van der Waals surface area contributed by atoms with Crippen molar-refractivity contribution >= 4 is 68.8 Å². The second-order valence-corrected chi connectivity index (χ2v) is 9.71. The summed E-state index contributed by atoms with van der Waals surface area (Å²) < 4.78 is 3.18. The monoisotopic (exact) mass is 456 g/mol. The number of alkyl halides is 3. The largest absolute Gasteiger partial charge is 0.462 e. The van der Waals surface area contributed by atoms with Crippen LogP contribution in [0.4, 0.5) is 5.00 Å². The lowest BCUT2D eigenvalue weighted by molar-refractivity contribution is -0.122. The van der Waals surface area contributed by atoms with E-state index in [2.05, 4.69) is 10.6 Å². The van der Waals surface area contributed by atoms with Crippen LogP contribution in [0, 0.1) is 12.8 Å². The standard InChI is InChI=1S/C17H23Cl3N2O4S/c1-6-26-15(25)12-9(4)13(10(5)23)27-14(12)22-16(17(18,19)20)21-11(24)7-8(2)3/h8,16,22H,6-7H2,1-5H3,(H,21,24). The molecule has 0 bridgehead atoms. The van der Waals surface area contributed by atoms with E-state index < -0.39 is 15.9 Å². The number of hydrogen-bond donors (Lipinski definition) is 2. The van der Waals surface area contributed by atoms with Crippen molar-refractivity contribution in [3.05, 3.63) is 16.0 Å². The summed E-state index contributed by atoms with van der Waals surface area (Å²) in [7, 11) is 0. The Balaban J connectivity index is 3.27. The summed E-state index contributed by atoms with van der Waals surface area (Å²) in [6.45, 7) is 8.66. The van der Waals surface area contributed by atoms with Crippen molar-refractivity contribution in [2.24, 2.45) is 5.92 Å². The van der Waals surface area contributed by atoms with E-state index in [0.717, 1.165) is 11.3 Å². The third kappa shape index (κ3) is 6.82. The smallest absolute Gasteiger partial charge is 0.341 e. The van der Waals surface area contributed by atoms with Crippen molar-refractivity contribution in [3.8, 4) is 0 Å². The van der Waals surface area contributed by atoms with E-state index in [0.29, 0.717) is 10.4 Å². The van der Waals surface area contributed by atoms with Gasteiger partial charge in [-0.25, -0.2) is 4.79 Å². The molecule has 0 aliphatic carbocycles. The molecule has 10 heteroatoms. The Kier molecular flexibility index (Phi) is 8.86. The van der Waals surface area contributed by atoms with Crippen LogP contribution >= 0.6 is 46.1 Å². The van der Waals surface area contributed by atoms with E-state index in [1.54, 1.807) is 13.8 Å². The molecule has 152 valence electrons. The van der Waals surface area contributed by atoms with Gasteiger partial charge >= 0.3 is 5.97 Å². The van der Waals surface area contributed by atoms with Crippen molar-refractivity contribution in [3.63, 3.8) is 0 Å². The molecule has 6 nitrogen and oxygen atoms in total. The summed E-state index contributed by atoms with van der Waals surface area (Å²) >= 11 is 19.1. The number of carbonyl (C=O) groups excluding carboxylic acids is 3. The number of ether oxygens (including phenoxy) is 1. The second-order valence-electron chi connectivity index (χ2n) is 6.32. The van der Waals surface area contributed by atoms with Gasteiger partial charge < -0.3 is 15.4 Å². The van der Waals surface area contributed by atoms with Crippen molar-refractivity contribution in [2.75, 3.05) is 11.9 Å². The van der Waals surface area contributed by atoms with Gasteiger partial charge in [-0.2, -0.15) is 0 Å². The van der Waals surface area contributed by atoms with E-state index in [4.69, 9.17) is 39.5 Å². The number of amides is 1. The first-order valence-electron chi connectivity index (χ1n) is 8.32. The highest BCUT2D eigenvalue weighted by Gasteiger charge is 2.36. The van der Waals surface area contributed by atoms with Crippen molar-refractivity contribution in [1.29, 1.82) is 0 Å². The highest BCUT2D eigenvalue weighted by Crippen LogP contribution is 2.38. The van der Waals surface area contributed by atoms with E-state index in [-0.39, 0.29) is 41.2 Å². The molecule has 1 aromatic heterocycles. The SMILES string of the molecule is CCOC(=O)c1c(NC(NC(=O)CC(C)C)C(Cl)(Cl)Cl)sc(C(C)=O)c1C. The molecule has 1 atom stereocenters. The first-order chi connectivity index (χ1) is 12.4. The lowest BCUT2D eigenvalue weighted by Gasteiger charge is -2.27. The maximum absolute atomic E-state index is 12.4. The van der Waals surface area contributed by atoms with Crippen LogP contribution in [0.5, 0.6) is 0 Å². The summed E-state index contributed by atoms with van der Waals surface area (Å²) in [6, 6.07) is 0. The Morgan fingerprint density at radius 3 is 2.26 bits per heavy atom. The van der Waals surface area contributed by atoms with Gasteiger partial charge in [-0.3, -0.25) is 9.59 Å². The molecule has 1 aromatic rings. The van der Waals surface area contributed by atoms with Crippen molar-refractivity contribution in [2.45, 2.75) is 51.0 Å². The van der Waals surface area contributed by atoms with Crippen LogP contribution < -0.4 is 10.6 Å². The topological polar surface area (TPSA) is 84.5 Å². The van der Waals surface area contributed by atoms with Crippen LogP contribution in [0.25, 0.3) is 0 Å². The third-order valence-corrected chi connectivity index (χ3v) is 5.43. The lowest BCUT2D eigenvalue weighted by Crippen LogP contribution is -2.49. The van der Waals surface area contributed by atoms with E-state index >= 15 is 0 Å². The minimum absolute atomic E-state index is 0.115. The van der Waals surface area contributed by atoms with Crippen LogP contribution in [-0.4, -0.2) is 34.2 Å². The first kappa shape index (κ1) is 24.0. The zero-order chi connectivity index (χ0) is 20.9. The van der Waals surface area contributed by atoms with Gasteiger partial charge in [0.05, 0.1) is 17.0 Å². The number of carbonyl (C=O) groups is 3. The summed E-state index contributed by atoms with van der Waals surface area (Å²) in [6.07, 6.45) is -0.869. The molecule has 1 rings (SSSR count). The Hall–Kier alpha value is -1.02. The molecule has 1 unspecified atom stereocenters. The van der Waals surface area contributed by atoms with Gasteiger partial charge in [0.1, 0.15) is 11.2 Å². The van der Waals surface area contributed by atoms with Gasteiger partial charge in [0, 0.05) is 6.42 Å². The van der Waals surface area contributed by atoms with Crippen LogP contribution in [0.15, 0.2) is 0 Å². The molecule has 2 N–H and O–H groups in total. The zero-order valence-electron chi connectivity index (χ0n) is 15.7. The van der Waals surface area contributed by atoms with Gasteiger partial charge in [-0.05, 0) is 32.3 Å². The fourth-order valence-corrected chi connectivity index (χ4v) is 3.77. The van der Waals surface area contributed by atoms with E-state index in [1.807, 2.05) is 13.8 Å². The molecular weight excluding hydrogens is 435 g/mol. The fourth-order valence-electron chi connectivity index (χ4n) is 2.32. The summed E-state index contributed by atoms with van der Waals surface area (Å²) in [5.41, 5.74) is 0.662. The summed E-state index contributed by atoms with van der Waals surface area (Å²) in [5, 5.41) is 5.79. The molecule has 0 aliphatic heterocycles. The van der Waals surface area contributed by atoms with Crippen LogP contribution in [-0.2, 0) is 9.53 Å². The van der Waals surface area contributed by atoms with Gasteiger partial charge in [0.2, 0.25) is 9.70 Å². The Morgan fingerprint density at radius 2 is 1.81 bits per heavy atom. The predicted octanol–water partition coefficient (Wildman–Crippen LogP) is 4.71. The van der Waals surface area contributed by atoms with Crippen LogP contribution in [0.1, 0.15) is 59.7 Å². The van der Waals surface area contributed by atoms with Crippen molar-refractivity contribution < 1.29 is 19.1 Å². The van der Waals surface area contributed by atoms with Gasteiger partial charge in [-0.1, -0.05) is 48.7 Å². The average Bonchev–Trinajstić information content (AvgIpc) is 2.81. The number of halogens is 3. The minimum Gasteiger partial charge on any atom is -0.462 e. The number of anilines is 1. The minimum atomic E-state index is -1.90. The number of esters is 1. The molecular formula is C17H23Cl3N2O4S.